The van der Waals surface area contributed by atoms with E-state index >= 15 is 0 Å². The molecular formula is C12H13NO4. The van der Waals surface area contributed by atoms with Crippen molar-refractivity contribution in [2.24, 2.45) is 0 Å². The van der Waals surface area contributed by atoms with Crippen LogP contribution in [0.1, 0.15) is 52.1 Å². The predicted molar refractivity (Wildman–Crippen MR) is 59.1 cm³/mol. The third kappa shape index (κ3) is 2.43. The summed E-state index contributed by atoms with van der Waals surface area (Å²) >= 11 is 0. The lowest BCUT2D eigenvalue weighted by Gasteiger charge is -2.08. The average molecular weight is 235 g/mol. The lowest BCUT2D eigenvalue weighted by atomic mass is 10.0. The number of carboxylic acids is 1. The van der Waals surface area contributed by atoms with Crippen molar-refractivity contribution in [3.63, 3.8) is 0 Å². The van der Waals surface area contributed by atoms with Gasteiger partial charge in [0.2, 0.25) is 0 Å². The predicted octanol–water partition coefficient (Wildman–Crippen LogP) is 1.83. The average Bonchev–Trinajstić information content (AvgIpc) is 3.12. The Morgan fingerprint density at radius 1 is 1.53 bits per heavy atom. The Kier molecular flexibility index (Phi) is 3.08. The summed E-state index contributed by atoms with van der Waals surface area (Å²) in [5, 5.41) is 8.87. The van der Waals surface area contributed by atoms with Gasteiger partial charge in [-0.25, -0.2) is 14.6 Å². The number of hydrogen-bond acceptors (Lipinski definition) is 4. The van der Waals surface area contributed by atoms with Crippen LogP contribution in [0.25, 0.3) is 0 Å². The van der Waals surface area contributed by atoms with Crippen LogP contribution in [0.15, 0.2) is 12.3 Å². The second kappa shape index (κ2) is 4.53. The number of esters is 1. The largest absolute Gasteiger partial charge is 0.477 e. The molecule has 0 bridgehead atoms. The Labute approximate surface area is 98.4 Å². The van der Waals surface area contributed by atoms with Crippen LogP contribution < -0.4 is 0 Å². The molecule has 1 fully saturated rings. The summed E-state index contributed by atoms with van der Waals surface area (Å²) in [4.78, 5) is 26.2. The minimum absolute atomic E-state index is 0.0278. The van der Waals surface area contributed by atoms with Crippen LogP contribution in [0.3, 0.4) is 0 Å². The molecule has 0 aliphatic heterocycles. The summed E-state index contributed by atoms with van der Waals surface area (Å²) in [5.41, 5.74) is 1.11. The van der Waals surface area contributed by atoms with Gasteiger partial charge < -0.3 is 9.84 Å². The van der Waals surface area contributed by atoms with E-state index in [1.54, 1.807) is 6.92 Å². The molecule has 1 N–H and O–H groups in total. The Morgan fingerprint density at radius 3 is 2.76 bits per heavy atom. The fourth-order valence-electron chi connectivity index (χ4n) is 1.70. The van der Waals surface area contributed by atoms with Crippen LogP contribution in [0, 0.1) is 0 Å². The summed E-state index contributed by atoms with van der Waals surface area (Å²) in [6.45, 7) is 2.03. The minimum Gasteiger partial charge on any atom is -0.477 e. The van der Waals surface area contributed by atoms with Crippen molar-refractivity contribution in [2.45, 2.75) is 25.7 Å². The second-order valence-corrected chi connectivity index (χ2v) is 3.96. The fourth-order valence-corrected chi connectivity index (χ4v) is 1.70. The Bertz CT molecular complexity index is 466. The van der Waals surface area contributed by atoms with E-state index in [4.69, 9.17) is 9.84 Å². The first-order valence-corrected chi connectivity index (χ1v) is 5.53. The van der Waals surface area contributed by atoms with Gasteiger partial charge in [0.15, 0.2) is 0 Å². The zero-order valence-electron chi connectivity index (χ0n) is 9.47. The smallest absolute Gasteiger partial charge is 0.354 e. The maximum absolute atomic E-state index is 11.7. The molecule has 5 nitrogen and oxygen atoms in total. The van der Waals surface area contributed by atoms with Crippen molar-refractivity contribution >= 4 is 11.9 Å². The molecule has 0 saturated heterocycles. The number of carboxylic acid groups (broad SMARTS) is 1. The number of aromatic carboxylic acids is 1. The van der Waals surface area contributed by atoms with Crippen molar-refractivity contribution in [3.8, 4) is 0 Å². The molecule has 5 heteroatoms. The Morgan fingerprint density at radius 2 is 2.24 bits per heavy atom. The quantitative estimate of drug-likeness (QED) is 0.806. The van der Waals surface area contributed by atoms with Crippen LogP contribution in [0.2, 0.25) is 0 Å². The third-order valence-corrected chi connectivity index (χ3v) is 2.67. The van der Waals surface area contributed by atoms with Gasteiger partial charge in [-0.15, -0.1) is 0 Å². The molecule has 90 valence electrons. The molecule has 17 heavy (non-hydrogen) atoms. The molecule has 2 rings (SSSR count). The van der Waals surface area contributed by atoms with Crippen molar-refractivity contribution in [2.75, 3.05) is 6.61 Å². The van der Waals surface area contributed by atoms with Gasteiger partial charge in [-0.1, -0.05) is 0 Å². The van der Waals surface area contributed by atoms with Gasteiger partial charge in [-0.3, -0.25) is 0 Å². The molecule has 1 aliphatic carbocycles. The fraction of sp³-hybridized carbons (Fsp3) is 0.417. The first kappa shape index (κ1) is 11.6. The van der Waals surface area contributed by atoms with Gasteiger partial charge in [0.25, 0.3) is 0 Å². The first-order chi connectivity index (χ1) is 8.13. The molecule has 1 aliphatic rings. The van der Waals surface area contributed by atoms with Gasteiger partial charge >= 0.3 is 11.9 Å². The van der Waals surface area contributed by atoms with Gasteiger partial charge in [-0.2, -0.15) is 0 Å². The van der Waals surface area contributed by atoms with E-state index in [0.29, 0.717) is 12.2 Å². The van der Waals surface area contributed by atoms with Crippen LogP contribution in [0.5, 0.6) is 0 Å². The second-order valence-electron chi connectivity index (χ2n) is 3.96. The number of aromatic nitrogens is 1. The van der Waals surface area contributed by atoms with Crippen molar-refractivity contribution in [3.05, 3.63) is 29.1 Å². The zero-order chi connectivity index (χ0) is 12.4. The highest BCUT2D eigenvalue weighted by molar-refractivity contribution is 5.93. The maximum atomic E-state index is 11.7. The van der Waals surface area contributed by atoms with E-state index in [2.05, 4.69) is 4.98 Å². The molecule has 1 aromatic rings. The van der Waals surface area contributed by atoms with Crippen LogP contribution >= 0.6 is 0 Å². The van der Waals surface area contributed by atoms with Crippen LogP contribution in [-0.2, 0) is 4.74 Å². The number of nitrogens with zero attached hydrogens (tertiary/aromatic N) is 1. The molecule has 0 aromatic carbocycles. The first-order valence-electron chi connectivity index (χ1n) is 5.53. The molecule has 0 atom stereocenters. The summed E-state index contributed by atoms with van der Waals surface area (Å²) in [6.07, 6.45) is 3.26. The van der Waals surface area contributed by atoms with Gasteiger partial charge in [0, 0.05) is 6.20 Å². The van der Waals surface area contributed by atoms with E-state index in [1.165, 1.54) is 12.3 Å². The number of rotatable bonds is 4. The standard InChI is InChI=1S/C12H13NO4/c1-2-17-12(16)9-6-13-10(11(14)15)5-8(9)7-3-4-7/h5-7H,2-4H2,1H3,(H,14,15). The molecule has 0 spiro atoms. The lowest BCUT2D eigenvalue weighted by molar-refractivity contribution is 0.0522. The molecule has 1 saturated carbocycles. The summed E-state index contributed by atoms with van der Waals surface area (Å²) in [5.74, 6) is -1.24. The normalized spacial score (nSPS) is 14.4. The summed E-state index contributed by atoms with van der Waals surface area (Å²) < 4.78 is 4.92. The monoisotopic (exact) mass is 235 g/mol. The highest BCUT2D eigenvalue weighted by atomic mass is 16.5. The van der Waals surface area contributed by atoms with E-state index in [0.717, 1.165) is 18.4 Å². The molecule has 1 heterocycles. The van der Waals surface area contributed by atoms with Crippen LogP contribution in [-0.4, -0.2) is 28.6 Å². The molecule has 0 amide bonds. The third-order valence-electron chi connectivity index (χ3n) is 2.67. The van der Waals surface area contributed by atoms with Gasteiger partial charge in [-0.05, 0) is 37.3 Å². The number of ether oxygens (including phenoxy) is 1. The molecule has 0 unspecified atom stereocenters. The zero-order valence-corrected chi connectivity index (χ0v) is 9.47. The number of carbonyl (C=O) groups is 2. The van der Waals surface area contributed by atoms with E-state index in [-0.39, 0.29) is 11.6 Å². The van der Waals surface area contributed by atoms with E-state index in [9.17, 15) is 9.59 Å². The van der Waals surface area contributed by atoms with Crippen molar-refractivity contribution in [1.82, 2.24) is 4.98 Å². The summed E-state index contributed by atoms with van der Waals surface area (Å²) in [7, 11) is 0. The Hall–Kier alpha value is -1.91. The van der Waals surface area contributed by atoms with E-state index in [1.807, 2.05) is 0 Å². The Balaban J connectivity index is 2.37. The van der Waals surface area contributed by atoms with Crippen LogP contribution in [0.4, 0.5) is 0 Å². The van der Waals surface area contributed by atoms with E-state index < -0.39 is 11.9 Å². The highest BCUT2D eigenvalue weighted by Crippen LogP contribution is 2.41. The lowest BCUT2D eigenvalue weighted by Crippen LogP contribution is -2.11. The highest BCUT2D eigenvalue weighted by Gasteiger charge is 2.29. The van der Waals surface area contributed by atoms with Gasteiger partial charge in [0.05, 0.1) is 12.2 Å². The topological polar surface area (TPSA) is 76.5 Å². The van der Waals surface area contributed by atoms with Crippen molar-refractivity contribution in [1.29, 1.82) is 0 Å². The SMILES string of the molecule is CCOC(=O)c1cnc(C(=O)O)cc1C1CC1. The summed E-state index contributed by atoms with van der Waals surface area (Å²) in [6, 6.07) is 1.48. The molecule has 1 aromatic heterocycles. The molecule has 0 radical (unpaired) electrons. The molecular weight excluding hydrogens is 222 g/mol. The van der Waals surface area contributed by atoms with Crippen molar-refractivity contribution < 1.29 is 19.4 Å². The van der Waals surface area contributed by atoms with Gasteiger partial charge in [0.1, 0.15) is 5.69 Å². The number of pyridine rings is 1. The maximum Gasteiger partial charge on any atom is 0.354 e. The minimum atomic E-state index is -1.08. The number of hydrogen-bond donors (Lipinski definition) is 1. The number of carbonyl (C=O) groups excluding carboxylic acids is 1.